The lowest BCUT2D eigenvalue weighted by Crippen LogP contribution is -1.96. The lowest BCUT2D eigenvalue weighted by Gasteiger charge is -2.03. The zero-order valence-corrected chi connectivity index (χ0v) is 11.0. The number of benzene rings is 1. The first kappa shape index (κ1) is 11.4. The molecule has 1 aromatic heterocycles. The van der Waals surface area contributed by atoms with Gasteiger partial charge in [-0.05, 0) is 31.5 Å². The molecule has 0 unspecified atom stereocenters. The maximum absolute atomic E-state index is 5.63. The Hall–Kier alpha value is -1.13. The van der Waals surface area contributed by atoms with E-state index in [0.29, 0.717) is 6.54 Å². The molecular formula is C12H14BrN3. The molecule has 0 aliphatic rings. The molecule has 0 amide bonds. The van der Waals surface area contributed by atoms with E-state index in [4.69, 9.17) is 5.73 Å². The Morgan fingerprint density at radius 1 is 1.38 bits per heavy atom. The Bertz CT molecular complexity index is 517. The van der Waals surface area contributed by atoms with E-state index in [1.54, 1.807) is 0 Å². The normalized spacial score (nSPS) is 10.8. The van der Waals surface area contributed by atoms with Crippen LogP contribution < -0.4 is 5.73 Å². The van der Waals surface area contributed by atoms with Gasteiger partial charge in [0.25, 0.3) is 0 Å². The summed E-state index contributed by atoms with van der Waals surface area (Å²) in [5, 5.41) is 4.44. The minimum Gasteiger partial charge on any atom is -0.326 e. The van der Waals surface area contributed by atoms with E-state index in [1.165, 1.54) is 5.56 Å². The topological polar surface area (TPSA) is 43.8 Å². The molecule has 0 bridgehead atoms. The Kier molecular flexibility index (Phi) is 3.12. The number of aryl methyl sites for hydroxylation is 2. The van der Waals surface area contributed by atoms with Crippen LogP contribution >= 0.6 is 15.9 Å². The Morgan fingerprint density at radius 3 is 2.69 bits per heavy atom. The molecule has 3 nitrogen and oxygen atoms in total. The second-order valence-corrected chi connectivity index (χ2v) is 4.68. The van der Waals surface area contributed by atoms with Gasteiger partial charge in [0.05, 0.1) is 11.4 Å². The highest BCUT2D eigenvalue weighted by Crippen LogP contribution is 2.20. The van der Waals surface area contributed by atoms with Gasteiger partial charge in [-0.2, -0.15) is 5.10 Å². The molecule has 16 heavy (non-hydrogen) atoms. The van der Waals surface area contributed by atoms with Gasteiger partial charge >= 0.3 is 0 Å². The fraction of sp³-hybridized carbons (Fsp3) is 0.250. The number of aromatic nitrogens is 2. The van der Waals surface area contributed by atoms with E-state index in [9.17, 15) is 0 Å². The average molecular weight is 280 g/mol. The first-order valence-electron chi connectivity index (χ1n) is 5.13. The maximum atomic E-state index is 5.63. The van der Waals surface area contributed by atoms with Crippen molar-refractivity contribution in [2.45, 2.75) is 20.4 Å². The van der Waals surface area contributed by atoms with Crippen LogP contribution in [0.4, 0.5) is 0 Å². The van der Waals surface area contributed by atoms with Crippen LogP contribution in [0, 0.1) is 13.8 Å². The monoisotopic (exact) mass is 279 g/mol. The van der Waals surface area contributed by atoms with Crippen LogP contribution in [0.5, 0.6) is 0 Å². The summed E-state index contributed by atoms with van der Waals surface area (Å²) in [5.74, 6) is 0. The van der Waals surface area contributed by atoms with Gasteiger partial charge in [0.2, 0.25) is 0 Å². The number of rotatable bonds is 2. The third kappa shape index (κ3) is 2.03. The van der Waals surface area contributed by atoms with Crippen LogP contribution in [0.3, 0.4) is 0 Å². The fourth-order valence-corrected chi connectivity index (χ4v) is 1.92. The highest BCUT2D eigenvalue weighted by atomic mass is 79.9. The number of hydrogen-bond acceptors (Lipinski definition) is 2. The van der Waals surface area contributed by atoms with Crippen LogP contribution in [0.15, 0.2) is 28.9 Å². The summed E-state index contributed by atoms with van der Waals surface area (Å²) in [6.45, 7) is 4.56. The first-order valence-corrected chi connectivity index (χ1v) is 5.93. The molecule has 84 valence electrons. The summed E-state index contributed by atoms with van der Waals surface area (Å²) in [6, 6.07) is 6.17. The quantitative estimate of drug-likeness (QED) is 0.919. The Balaban J connectivity index is 2.46. The maximum Gasteiger partial charge on any atom is 0.0657 e. The molecule has 0 spiro atoms. The van der Waals surface area contributed by atoms with Crippen LogP contribution in [0.2, 0.25) is 0 Å². The molecule has 0 aliphatic carbocycles. The van der Waals surface area contributed by atoms with Crippen molar-refractivity contribution in [2.24, 2.45) is 5.73 Å². The molecule has 0 saturated carbocycles. The molecule has 0 atom stereocenters. The van der Waals surface area contributed by atoms with Gasteiger partial charge in [-0.25, -0.2) is 4.68 Å². The number of nitrogens with two attached hydrogens (primary N) is 1. The van der Waals surface area contributed by atoms with Crippen molar-refractivity contribution in [1.29, 1.82) is 0 Å². The van der Waals surface area contributed by atoms with Gasteiger partial charge in [0.1, 0.15) is 0 Å². The lowest BCUT2D eigenvalue weighted by molar-refractivity contribution is 0.861. The van der Waals surface area contributed by atoms with Crippen molar-refractivity contribution in [3.8, 4) is 5.69 Å². The molecule has 1 heterocycles. The fourth-order valence-electron chi connectivity index (χ4n) is 1.55. The summed E-state index contributed by atoms with van der Waals surface area (Å²) in [6.07, 6.45) is 1.98. The van der Waals surface area contributed by atoms with E-state index in [-0.39, 0.29) is 0 Å². The van der Waals surface area contributed by atoms with Crippen LogP contribution in [-0.2, 0) is 6.54 Å². The van der Waals surface area contributed by atoms with Crippen molar-refractivity contribution in [2.75, 3.05) is 0 Å². The lowest BCUT2D eigenvalue weighted by atomic mass is 10.2. The summed E-state index contributed by atoms with van der Waals surface area (Å²) >= 11 is 3.52. The molecule has 0 saturated heterocycles. The van der Waals surface area contributed by atoms with E-state index < -0.39 is 0 Å². The summed E-state index contributed by atoms with van der Waals surface area (Å²) < 4.78 is 2.95. The predicted octanol–water partition coefficient (Wildman–Crippen LogP) is 2.71. The summed E-state index contributed by atoms with van der Waals surface area (Å²) in [4.78, 5) is 0. The third-order valence-corrected chi connectivity index (χ3v) is 3.49. The standard InChI is InChI=1S/C12H14BrN3/c1-8-3-4-11(5-12(8)13)16-7-10(6-14)9(2)15-16/h3-5,7H,6,14H2,1-2H3. The molecule has 2 N–H and O–H groups in total. The summed E-state index contributed by atoms with van der Waals surface area (Å²) in [5.41, 5.74) is 9.96. The highest BCUT2D eigenvalue weighted by Gasteiger charge is 2.05. The van der Waals surface area contributed by atoms with Gasteiger partial charge in [-0.1, -0.05) is 22.0 Å². The van der Waals surface area contributed by atoms with E-state index in [1.807, 2.05) is 23.9 Å². The second-order valence-electron chi connectivity index (χ2n) is 3.82. The van der Waals surface area contributed by atoms with Crippen LogP contribution in [0.1, 0.15) is 16.8 Å². The smallest absolute Gasteiger partial charge is 0.0657 e. The van der Waals surface area contributed by atoms with Gasteiger partial charge in [0.15, 0.2) is 0 Å². The van der Waals surface area contributed by atoms with Crippen molar-refractivity contribution in [3.63, 3.8) is 0 Å². The average Bonchev–Trinajstić information content (AvgIpc) is 2.64. The summed E-state index contributed by atoms with van der Waals surface area (Å²) in [7, 11) is 0. The van der Waals surface area contributed by atoms with Gasteiger partial charge < -0.3 is 5.73 Å². The van der Waals surface area contributed by atoms with Gasteiger partial charge in [-0.15, -0.1) is 0 Å². The van der Waals surface area contributed by atoms with E-state index in [0.717, 1.165) is 21.4 Å². The van der Waals surface area contributed by atoms with Crippen molar-refractivity contribution >= 4 is 15.9 Å². The Labute approximate surface area is 103 Å². The molecule has 2 aromatic rings. The zero-order chi connectivity index (χ0) is 11.7. The molecule has 1 aromatic carbocycles. The Morgan fingerprint density at radius 2 is 2.12 bits per heavy atom. The first-order chi connectivity index (χ1) is 7.61. The minimum atomic E-state index is 0.527. The van der Waals surface area contributed by atoms with E-state index in [2.05, 4.69) is 40.1 Å². The van der Waals surface area contributed by atoms with Crippen LogP contribution in [0.25, 0.3) is 5.69 Å². The van der Waals surface area contributed by atoms with Crippen molar-refractivity contribution in [1.82, 2.24) is 9.78 Å². The predicted molar refractivity (Wildman–Crippen MR) is 68.6 cm³/mol. The SMILES string of the molecule is Cc1ccc(-n2cc(CN)c(C)n2)cc1Br. The molecule has 0 aliphatic heterocycles. The largest absolute Gasteiger partial charge is 0.326 e. The van der Waals surface area contributed by atoms with Crippen molar-refractivity contribution in [3.05, 3.63) is 45.7 Å². The van der Waals surface area contributed by atoms with Gasteiger partial charge in [0, 0.05) is 22.8 Å². The molecule has 4 heteroatoms. The number of nitrogens with zero attached hydrogens (tertiary/aromatic N) is 2. The van der Waals surface area contributed by atoms with Crippen LogP contribution in [-0.4, -0.2) is 9.78 Å². The molecule has 2 rings (SSSR count). The minimum absolute atomic E-state index is 0.527. The zero-order valence-electron chi connectivity index (χ0n) is 9.37. The highest BCUT2D eigenvalue weighted by molar-refractivity contribution is 9.10. The van der Waals surface area contributed by atoms with Gasteiger partial charge in [-0.3, -0.25) is 0 Å². The third-order valence-electron chi connectivity index (χ3n) is 2.64. The molecular weight excluding hydrogens is 266 g/mol. The molecule has 0 radical (unpaired) electrons. The molecule has 0 fully saturated rings. The van der Waals surface area contributed by atoms with Crippen molar-refractivity contribution < 1.29 is 0 Å². The van der Waals surface area contributed by atoms with E-state index >= 15 is 0 Å². The second kappa shape index (κ2) is 4.39. The number of halogens is 1. The number of hydrogen-bond donors (Lipinski definition) is 1.